The van der Waals surface area contributed by atoms with E-state index < -0.39 is 0 Å². The molecule has 0 rings (SSSR count). The molecular weight excluding hydrogens is 244 g/mol. The lowest BCUT2D eigenvalue weighted by Crippen LogP contribution is -2.29. The van der Waals surface area contributed by atoms with Gasteiger partial charge in [-0.3, -0.25) is 4.79 Å². The molecule has 2 unspecified atom stereocenters. The molecule has 0 aromatic rings. The number of unbranched alkanes of at least 4 members (excludes halogenated alkanes) is 1. The van der Waals surface area contributed by atoms with E-state index in [1.807, 2.05) is 34.6 Å². The van der Waals surface area contributed by atoms with Gasteiger partial charge in [0.05, 0.1) is 24.9 Å². The van der Waals surface area contributed by atoms with Gasteiger partial charge in [-0.05, 0) is 41.0 Å². The number of ether oxygens (including phenoxy) is 3. The van der Waals surface area contributed by atoms with Crippen molar-refractivity contribution in [3.8, 4) is 0 Å². The molecule has 4 nitrogen and oxygen atoms in total. The molecule has 0 aliphatic carbocycles. The Balaban J connectivity index is 3.71. The molecule has 0 fully saturated rings. The molecule has 0 aliphatic rings. The maximum Gasteiger partial charge on any atom is 0.306 e. The second kappa shape index (κ2) is 9.32. The molecule has 0 aliphatic heterocycles. The Kier molecular flexibility index (Phi) is 9.02. The molecule has 0 amide bonds. The van der Waals surface area contributed by atoms with Crippen LogP contribution >= 0.6 is 0 Å². The zero-order chi connectivity index (χ0) is 14.9. The second-order valence-corrected chi connectivity index (χ2v) is 5.97. The van der Waals surface area contributed by atoms with Crippen LogP contribution < -0.4 is 0 Å². The van der Waals surface area contributed by atoms with E-state index in [9.17, 15) is 4.79 Å². The Hall–Kier alpha value is -0.610. The summed E-state index contributed by atoms with van der Waals surface area (Å²) in [4.78, 5) is 11.4. The Morgan fingerprint density at radius 3 is 2.26 bits per heavy atom. The van der Waals surface area contributed by atoms with E-state index in [2.05, 4.69) is 6.92 Å². The SMILES string of the molecule is CCCCC(=O)OC(C)COC(C)COC(C)(C)C. The molecule has 0 heterocycles. The van der Waals surface area contributed by atoms with Crippen LogP contribution in [0.15, 0.2) is 0 Å². The first kappa shape index (κ1) is 18.4. The summed E-state index contributed by atoms with van der Waals surface area (Å²) >= 11 is 0. The summed E-state index contributed by atoms with van der Waals surface area (Å²) in [5.74, 6) is -0.142. The number of rotatable bonds is 9. The van der Waals surface area contributed by atoms with Crippen LogP contribution in [0.4, 0.5) is 0 Å². The van der Waals surface area contributed by atoms with Crippen molar-refractivity contribution >= 4 is 5.97 Å². The largest absolute Gasteiger partial charge is 0.460 e. The molecule has 19 heavy (non-hydrogen) atoms. The van der Waals surface area contributed by atoms with E-state index in [1.165, 1.54) is 0 Å². The van der Waals surface area contributed by atoms with Gasteiger partial charge in [0.1, 0.15) is 6.10 Å². The first-order valence-corrected chi connectivity index (χ1v) is 7.19. The highest BCUT2D eigenvalue weighted by Gasteiger charge is 2.15. The van der Waals surface area contributed by atoms with Crippen molar-refractivity contribution in [3.05, 3.63) is 0 Å². The maximum absolute atomic E-state index is 11.4. The van der Waals surface area contributed by atoms with Gasteiger partial charge >= 0.3 is 5.97 Å². The lowest BCUT2D eigenvalue weighted by molar-refractivity contribution is -0.153. The first-order chi connectivity index (χ1) is 8.74. The summed E-state index contributed by atoms with van der Waals surface area (Å²) in [7, 11) is 0. The number of esters is 1. The summed E-state index contributed by atoms with van der Waals surface area (Å²) in [6, 6.07) is 0. The number of carbonyl (C=O) groups is 1. The third-order valence-electron chi connectivity index (χ3n) is 2.43. The van der Waals surface area contributed by atoms with Crippen LogP contribution in [0, 0.1) is 0 Å². The van der Waals surface area contributed by atoms with E-state index in [4.69, 9.17) is 14.2 Å². The molecule has 0 radical (unpaired) electrons. The molecule has 0 saturated heterocycles. The van der Waals surface area contributed by atoms with E-state index in [-0.39, 0.29) is 23.8 Å². The fourth-order valence-corrected chi connectivity index (χ4v) is 1.35. The molecule has 0 N–H and O–H groups in total. The summed E-state index contributed by atoms with van der Waals surface area (Å²) in [5.41, 5.74) is -0.157. The third-order valence-corrected chi connectivity index (χ3v) is 2.43. The van der Waals surface area contributed by atoms with Crippen LogP contribution in [0.2, 0.25) is 0 Å². The highest BCUT2D eigenvalue weighted by atomic mass is 16.6. The molecule has 4 heteroatoms. The zero-order valence-corrected chi connectivity index (χ0v) is 13.3. The van der Waals surface area contributed by atoms with Gasteiger partial charge in [-0.1, -0.05) is 13.3 Å². The Bertz CT molecular complexity index is 245. The smallest absolute Gasteiger partial charge is 0.306 e. The lowest BCUT2D eigenvalue weighted by atomic mass is 10.2. The summed E-state index contributed by atoms with van der Waals surface area (Å²) < 4.78 is 16.5. The van der Waals surface area contributed by atoms with Crippen LogP contribution in [0.25, 0.3) is 0 Å². The maximum atomic E-state index is 11.4. The minimum atomic E-state index is -0.207. The number of hydrogen-bond acceptors (Lipinski definition) is 4. The molecule has 0 bridgehead atoms. The fraction of sp³-hybridized carbons (Fsp3) is 0.933. The molecule has 0 aromatic carbocycles. The van der Waals surface area contributed by atoms with Gasteiger partial charge in [0, 0.05) is 6.42 Å². The normalized spacial score (nSPS) is 15.1. The fourth-order valence-electron chi connectivity index (χ4n) is 1.35. The van der Waals surface area contributed by atoms with E-state index in [0.29, 0.717) is 19.6 Å². The standard InChI is InChI=1S/C15H30O4/c1-7-8-9-14(16)19-13(3)10-17-12(2)11-18-15(4,5)6/h12-13H,7-11H2,1-6H3. The van der Waals surface area contributed by atoms with Gasteiger partial charge in [0.2, 0.25) is 0 Å². The topological polar surface area (TPSA) is 44.8 Å². The molecule has 114 valence electrons. The highest BCUT2D eigenvalue weighted by Crippen LogP contribution is 2.08. The van der Waals surface area contributed by atoms with Crippen molar-refractivity contribution in [3.63, 3.8) is 0 Å². The summed E-state index contributed by atoms with van der Waals surface area (Å²) in [5, 5.41) is 0. The van der Waals surface area contributed by atoms with Crippen molar-refractivity contribution in [2.45, 2.75) is 78.6 Å². The van der Waals surface area contributed by atoms with Crippen molar-refractivity contribution in [1.29, 1.82) is 0 Å². The van der Waals surface area contributed by atoms with Gasteiger partial charge in [0.15, 0.2) is 0 Å². The predicted octanol–water partition coefficient (Wildman–Crippen LogP) is 3.33. The first-order valence-electron chi connectivity index (χ1n) is 7.19. The van der Waals surface area contributed by atoms with Gasteiger partial charge in [-0.25, -0.2) is 0 Å². The van der Waals surface area contributed by atoms with Crippen molar-refractivity contribution < 1.29 is 19.0 Å². The average molecular weight is 274 g/mol. The van der Waals surface area contributed by atoms with Gasteiger partial charge in [-0.15, -0.1) is 0 Å². The van der Waals surface area contributed by atoms with Crippen LogP contribution in [0.5, 0.6) is 0 Å². The number of hydrogen-bond donors (Lipinski definition) is 0. The quantitative estimate of drug-likeness (QED) is 0.605. The Morgan fingerprint density at radius 1 is 1.11 bits per heavy atom. The highest BCUT2D eigenvalue weighted by molar-refractivity contribution is 5.69. The van der Waals surface area contributed by atoms with Gasteiger partial charge < -0.3 is 14.2 Å². The zero-order valence-electron chi connectivity index (χ0n) is 13.3. The average Bonchev–Trinajstić information content (AvgIpc) is 2.30. The van der Waals surface area contributed by atoms with Crippen LogP contribution in [-0.4, -0.2) is 37.0 Å². The summed E-state index contributed by atoms with van der Waals surface area (Å²) in [6.45, 7) is 12.8. The molecular formula is C15H30O4. The summed E-state index contributed by atoms with van der Waals surface area (Å²) in [6.07, 6.45) is 2.16. The van der Waals surface area contributed by atoms with Gasteiger partial charge in [-0.2, -0.15) is 0 Å². The van der Waals surface area contributed by atoms with Gasteiger partial charge in [0.25, 0.3) is 0 Å². The number of carbonyl (C=O) groups excluding carboxylic acids is 1. The molecule has 0 saturated carbocycles. The predicted molar refractivity (Wildman–Crippen MR) is 76.2 cm³/mol. The van der Waals surface area contributed by atoms with Crippen molar-refractivity contribution in [1.82, 2.24) is 0 Å². The van der Waals surface area contributed by atoms with Crippen molar-refractivity contribution in [2.24, 2.45) is 0 Å². The van der Waals surface area contributed by atoms with Crippen LogP contribution in [-0.2, 0) is 19.0 Å². The van der Waals surface area contributed by atoms with Crippen LogP contribution in [0.1, 0.15) is 60.8 Å². The molecule has 0 spiro atoms. The Morgan fingerprint density at radius 2 is 1.74 bits per heavy atom. The monoisotopic (exact) mass is 274 g/mol. The molecule has 2 atom stereocenters. The minimum absolute atomic E-state index is 0.00369. The van der Waals surface area contributed by atoms with E-state index >= 15 is 0 Å². The second-order valence-electron chi connectivity index (χ2n) is 5.97. The lowest BCUT2D eigenvalue weighted by Gasteiger charge is -2.23. The van der Waals surface area contributed by atoms with Crippen LogP contribution in [0.3, 0.4) is 0 Å². The molecule has 0 aromatic heterocycles. The van der Waals surface area contributed by atoms with E-state index in [0.717, 1.165) is 12.8 Å². The Labute approximate surface area is 117 Å². The minimum Gasteiger partial charge on any atom is -0.460 e. The van der Waals surface area contributed by atoms with E-state index in [1.54, 1.807) is 0 Å². The third kappa shape index (κ3) is 12.2. The van der Waals surface area contributed by atoms with Crippen molar-refractivity contribution in [2.75, 3.05) is 13.2 Å².